The Morgan fingerprint density at radius 2 is 2.21 bits per heavy atom. The fourth-order valence-electron chi connectivity index (χ4n) is 3.34. The Bertz CT molecular complexity index is 193. The summed E-state index contributed by atoms with van der Waals surface area (Å²) in [5.41, 5.74) is 5.92. The smallest absolute Gasteiger partial charge is 0.0246 e. The maximum absolute atomic E-state index is 5.92. The Morgan fingerprint density at radius 3 is 2.64 bits per heavy atom. The molecule has 14 heavy (non-hydrogen) atoms. The zero-order chi connectivity index (χ0) is 10.1. The molecule has 1 saturated heterocycles. The predicted molar refractivity (Wildman–Crippen MR) is 60.1 cm³/mol. The summed E-state index contributed by atoms with van der Waals surface area (Å²) in [6.45, 7) is 6.81. The first-order valence-corrected chi connectivity index (χ1v) is 6.22. The van der Waals surface area contributed by atoms with Gasteiger partial charge in [0.15, 0.2) is 0 Å². The highest BCUT2D eigenvalue weighted by Crippen LogP contribution is 2.39. The first-order valence-electron chi connectivity index (χ1n) is 6.22. The molecule has 2 heteroatoms. The second-order valence-electron chi connectivity index (χ2n) is 5.22. The molecule has 0 spiro atoms. The van der Waals surface area contributed by atoms with E-state index in [1.165, 1.54) is 32.2 Å². The highest BCUT2D eigenvalue weighted by atomic mass is 15.2. The Balaban J connectivity index is 1.98. The molecule has 4 atom stereocenters. The van der Waals surface area contributed by atoms with Gasteiger partial charge in [0.1, 0.15) is 0 Å². The summed E-state index contributed by atoms with van der Waals surface area (Å²) in [4.78, 5) is 2.71. The lowest BCUT2D eigenvalue weighted by molar-refractivity contribution is 0.113. The lowest BCUT2D eigenvalue weighted by Gasteiger charge is -2.37. The summed E-state index contributed by atoms with van der Waals surface area (Å²) >= 11 is 0. The molecular weight excluding hydrogens is 172 g/mol. The van der Waals surface area contributed by atoms with Gasteiger partial charge in [-0.05, 0) is 31.1 Å². The van der Waals surface area contributed by atoms with Gasteiger partial charge in [-0.1, -0.05) is 20.3 Å². The van der Waals surface area contributed by atoms with Gasteiger partial charge in [0.05, 0.1) is 0 Å². The summed E-state index contributed by atoms with van der Waals surface area (Å²) in [7, 11) is 0. The van der Waals surface area contributed by atoms with Crippen LogP contribution in [0.4, 0.5) is 0 Å². The van der Waals surface area contributed by atoms with E-state index in [0.717, 1.165) is 24.4 Å². The van der Waals surface area contributed by atoms with Crippen molar-refractivity contribution in [3.8, 4) is 0 Å². The van der Waals surface area contributed by atoms with Gasteiger partial charge in [-0.15, -0.1) is 0 Å². The van der Waals surface area contributed by atoms with Gasteiger partial charge in [-0.25, -0.2) is 0 Å². The molecule has 82 valence electrons. The van der Waals surface area contributed by atoms with Crippen molar-refractivity contribution in [2.45, 2.75) is 51.6 Å². The normalized spacial score (nSPS) is 36.2. The maximum Gasteiger partial charge on any atom is 0.0246 e. The largest absolute Gasteiger partial charge is 0.329 e. The van der Waals surface area contributed by atoms with E-state index in [4.69, 9.17) is 5.73 Å². The summed E-state index contributed by atoms with van der Waals surface area (Å²) < 4.78 is 0. The van der Waals surface area contributed by atoms with Crippen LogP contribution in [0.2, 0.25) is 0 Å². The van der Waals surface area contributed by atoms with Crippen molar-refractivity contribution in [2.24, 2.45) is 17.6 Å². The van der Waals surface area contributed by atoms with Gasteiger partial charge < -0.3 is 5.73 Å². The Morgan fingerprint density at radius 1 is 1.43 bits per heavy atom. The number of likely N-dealkylation sites (tertiary alicyclic amines) is 1. The summed E-state index contributed by atoms with van der Waals surface area (Å²) in [6, 6.07) is 1.53. The van der Waals surface area contributed by atoms with Crippen molar-refractivity contribution in [2.75, 3.05) is 13.1 Å². The molecule has 0 radical (unpaired) electrons. The standard InChI is InChI=1S/C12H24N2/c1-3-9(2)12(7-13)14-8-10-4-5-11(14)6-10/h9-12H,3-8,13H2,1-2H3. The first-order chi connectivity index (χ1) is 6.76. The van der Waals surface area contributed by atoms with Crippen molar-refractivity contribution >= 4 is 0 Å². The average Bonchev–Trinajstić information content (AvgIpc) is 2.80. The minimum absolute atomic E-state index is 0.648. The second kappa shape index (κ2) is 4.19. The molecule has 4 unspecified atom stereocenters. The molecule has 2 fully saturated rings. The quantitative estimate of drug-likeness (QED) is 0.743. The number of hydrogen-bond acceptors (Lipinski definition) is 2. The fraction of sp³-hybridized carbons (Fsp3) is 1.00. The Kier molecular flexibility index (Phi) is 3.13. The van der Waals surface area contributed by atoms with Crippen LogP contribution in [0.25, 0.3) is 0 Å². The third-order valence-corrected chi connectivity index (χ3v) is 4.42. The van der Waals surface area contributed by atoms with Crippen LogP contribution in [0.5, 0.6) is 0 Å². The van der Waals surface area contributed by atoms with Crippen molar-refractivity contribution in [1.29, 1.82) is 0 Å². The minimum atomic E-state index is 0.648. The second-order valence-corrected chi connectivity index (χ2v) is 5.22. The molecule has 0 aromatic carbocycles. The van der Waals surface area contributed by atoms with E-state index in [0.29, 0.717) is 6.04 Å². The SMILES string of the molecule is CCC(C)C(CN)N1CC2CCC1C2. The van der Waals surface area contributed by atoms with Crippen LogP contribution < -0.4 is 5.73 Å². The highest BCUT2D eigenvalue weighted by Gasteiger charge is 2.41. The number of hydrogen-bond donors (Lipinski definition) is 1. The number of fused-ring (bicyclic) bond motifs is 2. The first kappa shape index (κ1) is 10.4. The lowest BCUT2D eigenvalue weighted by Crippen LogP contribution is -2.48. The van der Waals surface area contributed by atoms with Gasteiger partial charge in [0, 0.05) is 25.2 Å². The van der Waals surface area contributed by atoms with E-state index in [1.54, 1.807) is 0 Å². The molecular formula is C12H24N2. The molecule has 1 saturated carbocycles. The number of piperidine rings is 1. The van der Waals surface area contributed by atoms with E-state index in [9.17, 15) is 0 Å². The van der Waals surface area contributed by atoms with E-state index in [-0.39, 0.29) is 0 Å². The van der Waals surface area contributed by atoms with E-state index >= 15 is 0 Å². The van der Waals surface area contributed by atoms with Crippen LogP contribution in [0.15, 0.2) is 0 Å². The van der Waals surface area contributed by atoms with Crippen LogP contribution in [0, 0.1) is 11.8 Å². The summed E-state index contributed by atoms with van der Waals surface area (Å²) in [6.07, 6.45) is 5.61. The molecule has 1 aliphatic carbocycles. The van der Waals surface area contributed by atoms with Crippen molar-refractivity contribution in [3.63, 3.8) is 0 Å². The Labute approximate surface area is 87.8 Å². The van der Waals surface area contributed by atoms with E-state index in [2.05, 4.69) is 18.7 Å². The van der Waals surface area contributed by atoms with Gasteiger partial charge in [0.2, 0.25) is 0 Å². The molecule has 1 heterocycles. The van der Waals surface area contributed by atoms with Crippen LogP contribution in [0.1, 0.15) is 39.5 Å². The molecule has 0 aromatic heterocycles. The molecule has 2 nitrogen and oxygen atoms in total. The van der Waals surface area contributed by atoms with Crippen LogP contribution >= 0.6 is 0 Å². The van der Waals surface area contributed by atoms with Gasteiger partial charge in [-0.2, -0.15) is 0 Å². The highest BCUT2D eigenvalue weighted by molar-refractivity contribution is 4.96. The van der Waals surface area contributed by atoms with Crippen LogP contribution in [0.3, 0.4) is 0 Å². The molecule has 2 rings (SSSR count). The average molecular weight is 196 g/mol. The molecule has 1 aliphatic heterocycles. The van der Waals surface area contributed by atoms with Crippen LogP contribution in [-0.4, -0.2) is 30.1 Å². The number of rotatable bonds is 4. The van der Waals surface area contributed by atoms with Gasteiger partial charge in [-0.3, -0.25) is 4.90 Å². The molecule has 2 N–H and O–H groups in total. The van der Waals surface area contributed by atoms with Gasteiger partial charge >= 0.3 is 0 Å². The van der Waals surface area contributed by atoms with E-state index in [1.807, 2.05) is 0 Å². The molecule has 2 bridgehead atoms. The minimum Gasteiger partial charge on any atom is -0.329 e. The summed E-state index contributed by atoms with van der Waals surface area (Å²) in [5, 5.41) is 0. The van der Waals surface area contributed by atoms with E-state index < -0.39 is 0 Å². The maximum atomic E-state index is 5.92. The topological polar surface area (TPSA) is 29.3 Å². The molecule has 0 amide bonds. The zero-order valence-corrected chi connectivity index (χ0v) is 9.58. The monoisotopic (exact) mass is 196 g/mol. The third-order valence-electron chi connectivity index (χ3n) is 4.42. The molecule has 0 aromatic rings. The number of nitrogens with zero attached hydrogens (tertiary/aromatic N) is 1. The Hall–Kier alpha value is -0.0800. The van der Waals surface area contributed by atoms with Crippen molar-refractivity contribution < 1.29 is 0 Å². The lowest BCUT2D eigenvalue weighted by atomic mass is 9.95. The molecule has 2 aliphatic rings. The van der Waals surface area contributed by atoms with Gasteiger partial charge in [0.25, 0.3) is 0 Å². The predicted octanol–water partition coefficient (Wildman–Crippen LogP) is 1.84. The number of nitrogens with two attached hydrogens (primary N) is 1. The zero-order valence-electron chi connectivity index (χ0n) is 9.58. The van der Waals surface area contributed by atoms with Crippen molar-refractivity contribution in [1.82, 2.24) is 4.90 Å². The summed E-state index contributed by atoms with van der Waals surface area (Å²) in [5.74, 6) is 1.76. The third kappa shape index (κ3) is 1.70. The fourth-order valence-corrected chi connectivity index (χ4v) is 3.34. The van der Waals surface area contributed by atoms with Crippen LogP contribution in [-0.2, 0) is 0 Å². The van der Waals surface area contributed by atoms with Crippen molar-refractivity contribution in [3.05, 3.63) is 0 Å².